The molecule has 0 amide bonds. The van der Waals surface area contributed by atoms with Crippen molar-refractivity contribution in [1.82, 2.24) is 0 Å². The molecule has 0 spiro atoms. The van der Waals surface area contributed by atoms with Gasteiger partial charge in [0, 0.05) is 16.9 Å². The molecule has 1 nitrogen and oxygen atoms in total. The summed E-state index contributed by atoms with van der Waals surface area (Å²) in [7, 11) is 0. The summed E-state index contributed by atoms with van der Waals surface area (Å²) in [5, 5.41) is 0.465. The Morgan fingerprint density at radius 1 is 1.54 bits per heavy atom. The SMILES string of the molecule is Cc1cc(Cl)c(C(N)CCl)cc1F. The predicted octanol–water partition coefficient (Wildman–Crippen LogP) is 3.03. The Morgan fingerprint density at radius 3 is 2.69 bits per heavy atom. The lowest BCUT2D eigenvalue weighted by Gasteiger charge is -2.11. The molecule has 0 aliphatic rings. The van der Waals surface area contributed by atoms with E-state index in [1.54, 1.807) is 13.0 Å². The van der Waals surface area contributed by atoms with E-state index in [-0.39, 0.29) is 11.7 Å². The van der Waals surface area contributed by atoms with E-state index in [2.05, 4.69) is 0 Å². The van der Waals surface area contributed by atoms with Crippen LogP contribution in [-0.2, 0) is 0 Å². The first-order valence-electron chi connectivity index (χ1n) is 3.83. The third kappa shape index (κ3) is 2.33. The van der Waals surface area contributed by atoms with Gasteiger partial charge in [-0.3, -0.25) is 0 Å². The first kappa shape index (κ1) is 10.8. The monoisotopic (exact) mass is 221 g/mol. The van der Waals surface area contributed by atoms with E-state index < -0.39 is 6.04 Å². The van der Waals surface area contributed by atoms with Gasteiger partial charge >= 0.3 is 0 Å². The molecule has 1 aromatic rings. The van der Waals surface area contributed by atoms with Crippen LogP contribution in [0.15, 0.2) is 12.1 Å². The quantitative estimate of drug-likeness (QED) is 0.764. The van der Waals surface area contributed by atoms with Crippen LogP contribution in [0.3, 0.4) is 0 Å². The summed E-state index contributed by atoms with van der Waals surface area (Å²) in [6, 6.07) is 2.48. The van der Waals surface area contributed by atoms with Gasteiger partial charge in [0.15, 0.2) is 0 Å². The fourth-order valence-corrected chi connectivity index (χ4v) is 1.55. The standard InChI is InChI=1S/C9H10Cl2FN/c1-5-2-7(11)6(3-8(5)12)9(13)4-10/h2-3,9H,4,13H2,1H3. The van der Waals surface area contributed by atoms with Gasteiger partial charge in [0.25, 0.3) is 0 Å². The van der Waals surface area contributed by atoms with Gasteiger partial charge in [-0.25, -0.2) is 4.39 Å². The molecule has 72 valence electrons. The summed E-state index contributed by atoms with van der Waals surface area (Å²) in [6.45, 7) is 1.65. The van der Waals surface area contributed by atoms with Gasteiger partial charge in [-0.2, -0.15) is 0 Å². The molecule has 0 aromatic heterocycles. The minimum absolute atomic E-state index is 0.224. The van der Waals surface area contributed by atoms with Crippen molar-refractivity contribution in [3.63, 3.8) is 0 Å². The second-order valence-electron chi connectivity index (χ2n) is 2.88. The van der Waals surface area contributed by atoms with Crippen LogP contribution in [-0.4, -0.2) is 5.88 Å². The molecule has 0 aliphatic heterocycles. The number of aryl methyl sites for hydroxylation is 1. The molecular formula is C9H10Cl2FN. The van der Waals surface area contributed by atoms with E-state index >= 15 is 0 Å². The van der Waals surface area contributed by atoms with Gasteiger partial charge < -0.3 is 5.73 Å². The van der Waals surface area contributed by atoms with Crippen molar-refractivity contribution >= 4 is 23.2 Å². The minimum Gasteiger partial charge on any atom is -0.323 e. The van der Waals surface area contributed by atoms with Crippen molar-refractivity contribution in [1.29, 1.82) is 0 Å². The summed E-state index contributed by atoms with van der Waals surface area (Å²) >= 11 is 11.4. The molecule has 13 heavy (non-hydrogen) atoms. The van der Waals surface area contributed by atoms with Crippen LogP contribution >= 0.6 is 23.2 Å². The normalized spacial score (nSPS) is 13.0. The van der Waals surface area contributed by atoms with E-state index in [1.807, 2.05) is 0 Å². The van der Waals surface area contributed by atoms with Crippen LogP contribution in [0.5, 0.6) is 0 Å². The second-order valence-corrected chi connectivity index (χ2v) is 3.60. The molecule has 2 N–H and O–H groups in total. The molecular weight excluding hydrogens is 212 g/mol. The van der Waals surface area contributed by atoms with Gasteiger partial charge in [-0.15, -0.1) is 11.6 Å². The summed E-state index contributed by atoms with van der Waals surface area (Å²) < 4.78 is 13.1. The van der Waals surface area contributed by atoms with E-state index in [4.69, 9.17) is 28.9 Å². The molecule has 0 saturated heterocycles. The van der Waals surface area contributed by atoms with Crippen molar-refractivity contribution in [2.75, 3.05) is 5.88 Å². The smallest absolute Gasteiger partial charge is 0.126 e. The number of benzene rings is 1. The van der Waals surface area contributed by atoms with Crippen LogP contribution in [0.1, 0.15) is 17.2 Å². The Morgan fingerprint density at radius 2 is 2.15 bits per heavy atom. The zero-order chi connectivity index (χ0) is 10.0. The summed E-state index contributed by atoms with van der Waals surface area (Å²) in [4.78, 5) is 0. The Hall–Kier alpha value is -0.310. The summed E-state index contributed by atoms with van der Waals surface area (Å²) in [5.41, 5.74) is 6.70. The van der Waals surface area contributed by atoms with Crippen molar-refractivity contribution < 1.29 is 4.39 Å². The highest BCUT2D eigenvalue weighted by Crippen LogP contribution is 2.25. The van der Waals surface area contributed by atoms with E-state index in [0.717, 1.165) is 0 Å². The maximum Gasteiger partial charge on any atom is 0.126 e. The number of hydrogen-bond acceptors (Lipinski definition) is 1. The van der Waals surface area contributed by atoms with E-state index in [9.17, 15) is 4.39 Å². The molecule has 0 radical (unpaired) electrons. The molecule has 1 unspecified atom stereocenters. The van der Waals surface area contributed by atoms with Crippen LogP contribution < -0.4 is 5.73 Å². The third-order valence-corrected chi connectivity index (χ3v) is 2.50. The Labute approximate surface area is 86.6 Å². The fraction of sp³-hybridized carbons (Fsp3) is 0.333. The van der Waals surface area contributed by atoms with Gasteiger partial charge in [0.2, 0.25) is 0 Å². The number of halogens is 3. The highest BCUT2D eigenvalue weighted by Gasteiger charge is 2.11. The average molecular weight is 222 g/mol. The second kappa shape index (κ2) is 4.27. The first-order chi connectivity index (χ1) is 6.06. The topological polar surface area (TPSA) is 26.0 Å². The lowest BCUT2D eigenvalue weighted by atomic mass is 10.1. The largest absolute Gasteiger partial charge is 0.323 e. The predicted molar refractivity (Wildman–Crippen MR) is 53.8 cm³/mol. The Balaban J connectivity index is 3.15. The molecule has 0 heterocycles. The molecule has 4 heteroatoms. The third-order valence-electron chi connectivity index (χ3n) is 1.84. The Bertz CT molecular complexity index is 315. The first-order valence-corrected chi connectivity index (χ1v) is 4.74. The number of rotatable bonds is 2. The van der Waals surface area contributed by atoms with Gasteiger partial charge in [0.1, 0.15) is 5.82 Å². The summed E-state index contributed by atoms with van der Waals surface area (Å²) in [6.07, 6.45) is 0. The van der Waals surface area contributed by atoms with Crippen molar-refractivity contribution in [3.05, 3.63) is 34.1 Å². The van der Waals surface area contributed by atoms with Gasteiger partial charge in [-0.1, -0.05) is 11.6 Å². The number of hydrogen-bond donors (Lipinski definition) is 1. The molecule has 0 fully saturated rings. The van der Waals surface area contributed by atoms with Crippen molar-refractivity contribution in [3.8, 4) is 0 Å². The van der Waals surface area contributed by atoms with Crippen LogP contribution in [0, 0.1) is 12.7 Å². The average Bonchev–Trinajstić information content (AvgIpc) is 2.10. The van der Waals surface area contributed by atoms with Crippen LogP contribution in [0.25, 0.3) is 0 Å². The van der Waals surface area contributed by atoms with E-state index in [0.29, 0.717) is 16.1 Å². The van der Waals surface area contributed by atoms with Crippen LogP contribution in [0.2, 0.25) is 5.02 Å². The molecule has 1 aromatic carbocycles. The van der Waals surface area contributed by atoms with Crippen molar-refractivity contribution in [2.45, 2.75) is 13.0 Å². The highest BCUT2D eigenvalue weighted by atomic mass is 35.5. The zero-order valence-corrected chi connectivity index (χ0v) is 8.66. The van der Waals surface area contributed by atoms with E-state index in [1.165, 1.54) is 6.07 Å². The number of alkyl halides is 1. The van der Waals surface area contributed by atoms with Gasteiger partial charge in [0.05, 0.1) is 0 Å². The van der Waals surface area contributed by atoms with Crippen LogP contribution in [0.4, 0.5) is 4.39 Å². The minimum atomic E-state index is -0.413. The van der Waals surface area contributed by atoms with Crippen molar-refractivity contribution in [2.24, 2.45) is 5.73 Å². The lowest BCUT2D eigenvalue weighted by Crippen LogP contribution is -2.12. The highest BCUT2D eigenvalue weighted by molar-refractivity contribution is 6.31. The maximum atomic E-state index is 13.1. The summed E-state index contributed by atoms with van der Waals surface area (Å²) in [5.74, 6) is -0.0812. The number of nitrogens with two attached hydrogens (primary N) is 1. The van der Waals surface area contributed by atoms with Gasteiger partial charge in [-0.05, 0) is 30.2 Å². The molecule has 0 bridgehead atoms. The molecule has 0 saturated carbocycles. The fourth-order valence-electron chi connectivity index (χ4n) is 1.03. The molecule has 1 atom stereocenters. The molecule has 0 aliphatic carbocycles. The molecule has 1 rings (SSSR count). The lowest BCUT2D eigenvalue weighted by molar-refractivity contribution is 0.613. The maximum absolute atomic E-state index is 13.1. The Kier molecular flexibility index (Phi) is 3.54. The zero-order valence-electron chi connectivity index (χ0n) is 7.15.